The normalized spacial score (nSPS) is 19.7. The lowest BCUT2D eigenvalue weighted by Gasteiger charge is -2.21. The van der Waals surface area contributed by atoms with E-state index >= 15 is 0 Å². The highest BCUT2D eigenvalue weighted by molar-refractivity contribution is 5.83. The van der Waals surface area contributed by atoms with Crippen LogP contribution in [0.3, 0.4) is 0 Å². The van der Waals surface area contributed by atoms with Crippen LogP contribution < -0.4 is 10.6 Å². The Labute approximate surface area is 198 Å². The molecule has 3 N–H and O–H groups in total. The average Bonchev–Trinajstić information content (AvgIpc) is 3.42. The number of hydrogen-bond acceptors (Lipinski definition) is 5. The van der Waals surface area contributed by atoms with Gasteiger partial charge in [-0.3, -0.25) is 9.59 Å². The van der Waals surface area contributed by atoms with Crippen LogP contribution in [0.25, 0.3) is 11.1 Å². The fourth-order valence-electron chi connectivity index (χ4n) is 4.63. The summed E-state index contributed by atoms with van der Waals surface area (Å²) in [4.78, 5) is 35.9. The van der Waals surface area contributed by atoms with Crippen molar-refractivity contribution in [3.8, 4) is 11.1 Å². The standard InChI is InChI=1S/C26H30N2O6/c1-16(10-11-23(29)30)14-27-25(31)24-22(12-13-33-24)28-26(32)34-15-21-19-8-4-2-6-17(19)18-7-3-5-9-20(18)21/h2-9,16,21-22,24H,10-15H2,1H3,(H,27,31)(H,28,32)(H,29,30). The number of carbonyl (C=O) groups excluding carboxylic acids is 2. The summed E-state index contributed by atoms with van der Waals surface area (Å²) in [5.41, 5.74) is 4.58. The zero-order valence-electron chi connectivity index (χ0n) is 19.2. The summed E-state index contributed by atoms with van der Waals surface area (Å²) in [7, 11) is 0. The van der Waals surface area contributed by atoms with Crippen LogP contribution in [0.4, 0.5) is 4.79 Å². The topological polar surface area (TPSA) is 114 Å². The minimum absolute atomic E-state index is 0.0231. The molecule has 3 atom stereocenters. The van der Waals surface area contributed by atoms with Crippen molar-refractivity contribution in [2.45, 2.75) is 44.2 Å². The van der Waals surface area contributed by atoms with E-state index in [0.717, 1.165) is 22.3 Å². The van der Waals surface area contributed by atoms with Crippen LogP contribution in [0, 0.1) is 5.92 Å². The predicted octanol–water partition coefficient (Wildman–Crippen LogP) is 3.30. The first kappa shape index (κ1) is 23.8. The highest BCUT2D eigenvalue weighted by Crippen LogP contribution is 2.44. The molecule has 0 radical (unpaired) electrons. The molecule has 0 bridgehead atoms. The first-order chi connectivity index (χ1) is 16.4. The molecule has 2 aromatic rings. The van der Waals surface area contributed by atoms with E-state index in [9.17, 15) is 14.4 Å². The van der Waals surface area contributed by atoms with Crippen molar-refractivity contribution in [1.82, 2.24) is 10.6 Å². The lowest BCUT2D eigenvalue weighted by molar-refractivity contribution is -0.137. The van der Waals surface area contributed by atoms with Gasteiger partial charge in [0.2, 0.25) is 0 Å². The minimum atomic E-state index is -0.857. The zero-order chi connectivity index (χ0) is 24.1. The number of fused-ring (bicyclic) bond motifs is 3. The maximum atomic E-state index is 12.6. The quantitative estimate of drug-likeness (QED) is 0.523. The molecule has 8 nitrogen and oxygen atoms in total. The number of carboxylic acids is 1. The Morgan fingerprint density at radius 2 is 1.74 bits per heavy atom. The number of amides is 2. The third kappa shape index (κ3) is 5.39. The number of nitrogens with one attached hydrogen (secondary N) is 2. The van der Waals surface area contributed by atoms with E-state index < -0.39 is 24.2 Å². The highest BCUT2D eigenvalue weighted by atomic mass is 16.6. The van der Waals surface area contributed by atoms with Crippen LogP contribution in [0.5, 0.6) is 0 Å². The van der Waals surface area contributed by atoms with Crippen LogP contribution >= 0.6 is 0 Å². The number of aliphatic carboxylic acids is 1. The summed E-state index contributed by atoms with van der Waals surface area (Å²) < 4.78 is 11.1. The second-order valence-electron chi connectivity index (χ2n) is 8.94. The van der Waals surface area contributed by atoms with Gasteiger partial charge in [-0.15, -0.1) is 0 Å². The summed E-state index contributed by atoms with van der Waals surface area (Å²) >= 11 is 0. The van der Waals surface area contributed by atoms with Crippen molar-refractivity contribution in [3.05, 3.63) is 59.7 Å². The van der Waals surface area contributed by atoms with Gasteiger partial charge in [-0.05, 0) is 41.0 Å². The van der Waals surface area contributed by atoms with Crippen molar-refractivity contribution < 1.29 is 29.0 Å². The van der Waals surface area contributed by atoms with Crippen molar-refractivity contribution in [2.24, 2.45) is 5.92 Å². The van der Waals surface area contributed by atoms with Gasteiger partial charge in [-0.25, -0.2) is 4.79 Å². The van der Waals surface area contributed by atoms with E-state index in [1.54, 1.807) is 0 Å². The summed E-state index contributed by atoms with van der Waals surface area (Å²) in [5.74, 6) is -1.19. The molecule has 8 heteroatoms. The van der Waals surface area contributed by atoms with E-state index in [-0.39, 0.29) is 30.8 Å². The molecular weight excluding hydrogens is 436 g/mol. The van der Waals surface area contributed by atoms with Crippen LogP contribution in [0.15, 0.2) is 48.5 Å². The fraction of sp³-hybridized carbons (Fsp3) is 0.423. The molecule has 4 rings (SSSR count). The number of benzene rings is 2. The second kappa shape index (κ2) is 10.7. The molecule has 0 aromatic heterocycles. The number of hydrogen-bond donors (Lipinski definition) is 3. The lowest BCUT2D eigenvalue weighted by Crippen LogP contribution is -2.49. The monoisotopic (exact) mass is 466 g/mol. The van der Waals surface area contributed by atoms with Crippen molar-refractivity contribution in [3.63, 3.8) is 0 Å². The van der Waals surface area contributed by atoms with Gasteiger partial charge in [0.1, 0.15) is 6.61 Å². The molecule has 2 aliphatic rings. The smallest absolute Gasteiger partial charge is 0.407 e. The molecule has 0 spiro atoms. The number of rotatable bonds is 9. The summed E-state index contributed by atoms with van der Waals surface area (Å²) in [5, 5.41) is 14.4. The Balaban J connectivity index is 1.29. The number of carboxylic acid groups (broad SMARTS) is 1. The molecule has 1 aliphatic heterocycles. The van der Waals surface area contributed by atoms with Gasteiger partial charge in [0.15, 0.2) is 6.10 Å². The van der Waals surface area contributed by atoms with E-state index in [2.05, 4.69) is 34.9 Å². The van der Waals surface area contributed by atoms with Gasteiger partial charge in [-0.1, -0.05) is 55.5 Å². The highest BCUT2D eigenvalue weighted by Gasteiger charge is 2.36. The fourth-order valence-corrected chi connectivity index (χ4v) is 4.63. The molecule has 3 unspecified atom stereocenters. The average molecular weight is 467 g/mol. The second-order valence-corrected chi connectivity index (χ2v) is 8.94. The van der Waals surface area contributed by atoms with Gasteiger partial charge in [0.25, 0.3) is 5.91 Å². The number of carbonyl (C=O) groups is 3. The molecule has 0 saturated carbocycles. The maximum absolute atomic E-state index is 12.6. The van der Waals surface area contributed by atoms with E-state index in [4.69, 9.17) is 14.6 Å². The number of alkyl carbamates (subject to hydrolysis) is 1. The molecular formula is C26H30N2O6. The summed E-state index contributed by atoms with van der Waals surface area (Å²) in [6, 6.07) is 15.8. The van der Waals surface area contributed by atoms with Crippen molar-refractivity contribution in [2.75, 3.05) is 19.8 Å². The zero-order valence-corrected chi connectivity index (χ0v) is 19.2. The molecule has 1 saturated heterocycles. The Kier molecular flexibility index (Phi) is 7.47. The van der Waals surface area contributed by atoms with E-state index in [1.807, 2.05) is 31.2 Å². The third-order valence-electron chi connectivity index (χ3n) is 6.47. The van der Waals surface area contributed by atoms with Crippen LogP contribution in [0.2, 0.25) is 0 Å². The molecule has 1 fully saturated rings. The lowest BCUT2D eigenvalue weighted by atomic mass is 9.98. The first-order valence-electron chi connectivity index (χ1n) is 11.7. The first-order valence-corrected chi connectivity index (χ1v) is 11.7. The van der Waals surface area contributed by atoms with Gasteiger partial charge >= 0.3 is 12.1 Å². The third-order valence-corrected chi connectivity index (χ3v) is 6.47. The van der Waals surface area contributed by atoms with Gasteiger partial charge in [0, 0.05) is 25.5 Å². The van der Waals surface area contributed by atoms with Crippen LogP contribution in [-0.4, -0.2) is 55.0 Å². The minimum Gasteiger partial charge on any atom is -0.481 e. The Morgan fingerprint density at radius 1 is 1.09 bits per heavy atom. The van der Waals surface area contributed by atoms with Gasteiger partial charge in [0.05, 0.1) is 6.04 Å². The Hall–Kier alpha value is -3.39. The predicted molar refractivity (Wildman–Crippen MR) is 125 cm³/mol. The molecule has 1 aliphatic carbocycles. The summed E-state index contributed by atoms with van der Waals surface area (Å²) in [6.07, 6.45) is -0.334. The molecule has 2 amide bonds. The number of ether oxygens (including phenoxy) is 2. The molecule has 180 valence electrons. The van der Waals surface area contributed by atoms with Crippen molar-refractivity contribution in [1.29, 1.82) is 0 Å². The molecule has 2 aromatic carbocycles. The maximum Gasteiger partial charge on any atom is 0.407 e. The molecule has 1 heterocycles. The SMILES string of the molecule is CC(CCC(=O)O)CNC(=O)C1OCCC1NC(=O)OCC1c2ccccc2-c2ccccc21. The Morgan fingerprint density at radius 3 is 2.38 bits per heavy atom. The Bertz CT molecular complexity index is 1010. The summed E-state index contributed by atoms with van der Waals surface area (Å²) in [6.45, 7) is 2.79. The van der Waals surface area contributed by atoms with Gasteiger partial charge in [-0.2, -0.15) is 0 Å². The van der Waals surface area contributed by atoms with E-state index in [0.29, 0.717) is 26.0 Å². The van der Waals surface area contributed by atoms with E-state index in [1.165, 1.54) is 0 Å². The van der Waals surface area contributed by atoms with Crippen LogP contribution in [0.1, 0.15) is 43.2 Å². The van der Waals surface area contributed by atoms with Gasteiger partial charge < -0.3 is 25.2 Å². The molecule has 34 heavy (non-hydrogen) atoms. The van der Waals surface area contributed by atoms with Crippen molar-refractivity contribution >= 4 is 18.0 Å². The van der Waals surface area contributed by atoms with Crippen LogP contribution in [-0.2, 0) is 19.1 Å². The largest absolute Gasteiger partial charge is 0.481 e.